The fourth-order valence-corrected chi connectivity index (χ4v) is 18.3. The van der Waals surface area contributed by atoms with Gasteiger partial charge < -0.3 is 9.47 Å². The predicted octanol–water partition coefficient (Wildman–Crippen LogP) is 27.1. The largest absolute Gasteiger partial charge is 0.341 e. The molecule has 6 heteroatoms. The molecule has 0 aliphatic carbocycles. The maximum atomic E-state index is 16.2. The second kappa shape index (κ2) is 44.3. The van der Waals surface area contributed by atoms with Crippen molar-refractivity contribution in [2.75, 3.05) is 17.6 Å². The van der Waals surface area contributed by atoms with Gasteiger partial charge in [0, 0.05) is 60.4 Å². The second-order valence-electron chi connectivity index (χ2n) is 29.3. The Hall–Kier alpha value is -3.63. The van der Waals surface area contributed by atoms with Crippen LogP contribution in [0.4, 0.5) is 5.69 Å². The minimum Gasteiger partial charge on any atom is -0.341 e. The van der Waals surface area contributed by atoms with E-state index in [9.17, 15) is 0 Å². The zero-order valence-electron chi connectivity index (χ0n) is 61.6. The quantitative estimate of drug-likeness (QED) is 0.0255. The molecule has 0 saturated carbocycles. The Bertz CT molecular complexity index is 3080. The van der Waals surface area contributed by atoms with Gasteiger partial charge in [-0.2, -0.15) is 0 Å². The van der Waals surface area contributed by atoms with Gasteiger partial charge >= 0.3 is 0 Å². The summed E-state index contributed by atoms with van der Waals surface area (Å²) in [5.74, 6) is 2.37. The van der Waals surface area contributed by atoms with Crippen LogP contribution < -0.4 is 15.5 Å². The molecule has 0 N–H and O–H groups in total. The van der Waals surface area contributed by atoms with E-state index in [2.05, 4.69) is 158 Å². The normalized spacial score (nSPS) is 17.9. The van der Waals surface area contributed by atoms with Crippen LogP contribution in [0.1, 0.15) is 345 Å². The van der Waals surface area contributed by atoms with E-state index in [1.54, 1.807) is 11.3 Å². The molecule has 3 nitrogen and oxygen atoms in total. The summed E-state index contributed by atoms with van der Waals surface area (Å²) in [6.07, 6.45) is 61.3. The topological polar surface area (TPSA) is 25.2 Å². The number of nitrogens with zero attached hydrogens (tertiary/aromatic N) is 2. The maximum absolute atomic E-state index is 16.2. The number of amides is 1. The molecule has 2 bridgehead atoms. The highest BCUT2D eigenvalue weighted by molar-refractivity contribution is 8.12. The highest BCUT2D eigenvalue weighted by Crippen LogP contribution is 2.43. The first-order valence-corrected chi connectivity index (χ1v) is 41.9. The smallest absolute Gasteiger partial charge is 0.260 e. The number of hydrogen-bond donors (Lipinski definition) is 0. The van der Waals surface area contributed by atoms with Gasteiger partial charge in [-0.05, 0) is 141 Å². The summed E-state index contributed by atoms with van der Waals surface area (Å²) >= 11 is 3.71. The van der Waals surface area contributed by atoms with Gasteiger partial charge in [0.2, 0.25) is 0 Å². The Morgan fingerprint density at radius 2 is 1.29 bits per heavy atom. The number of rotatable bonds is 37. The van der Waals surface area contributed by atoms with Gasteiger partial charge in [-0.1, -0.05) is 334 Å². The predicted molar refractivity (Wildman–Crippen MR) is 425 cm³/mol. The summed E-state index contributed by atoms with van der Waals surface area (Å²) in [6.45, 7) is 37.1. The van der Waals surface area contributed by atoms with Crippen LogP contribution in [0, 0.1) is 17.8 Å². The Kier molecular flexibility index (Phi) is 37.3. The van der Waals surface area contributed by atoms with Gasteiger partial charge in [-0.25, -0.2) is 0 Å². The standard InChI is InChI=1S/C87H135N2OPS2/c1-14-20-23-26-28-30-31-35-39-44-50-73-51-45-40-36-32-33-37-41-46-58-91-69(12)70(13)92-82(19-6)85-68(11)88(64-72(48-42-25-22-16-3)49-43-38-34-29-27-24-21-15-2)80-63-79-81(62-78(80)85)89(65-73)87(90)86(79)84-57-56-83(93-84)76(59-66(7)8)53-47-52-74-54-55-75(67(9)10)61-77(74)60-71(17-4)18-5/h19,47,52-57,59,61-63,67,69,71-73,91H,11,13-18,20-46,48-51,58,60,64-65H2,1-10,12H3/b52-47+,76-53+,82-19-. The molecule has 4 aromatic rings. The fraction of sp³-hybridized carbons (Fsp3) is 0.644. The summed E-state index contributed by atoms with van der Waals surface area (Å²) in [5, 5.41) is 3.49. The number of benzene rings is 2. The molecule has 4 heterocycles. The van der Waals surface area contributed by atoms with E-state index in [1.165, 1.54) is 296 Å². The van der Waals surface area contributed by atoms with Gasteiger partial charge in [0.05, 0.1) is 11.3 Å². The first kappa shape index (κ1) is 78.4. The number of anilines is 1. The zero-order valence-corrected chi connectivity index (χ0v) is 64.3. The van der Waals surface area contributed by atoms with Gasteiger partial charge in [-0.3, -0.25) is 4.79 Å². The molecule has 1 amide bonds. The lowest BCUT2D eigenvalue weighted by molar-refractivity contribution is -0.113. The van der Waals surface area contributed by atoms with E-state index >= 15 is 4.79 Å². The minimum atomic E-state index is 0.186. The van der Waals surface area contributed by atoms with Gasteiger partial charge in [0.25, 0.3) is 5.91 Å². The SMILES string of the molecule is C=C1S/C(=C\C)c2c(=C)n(CC(CCCCCC)CCCCCCCCCC)c3cc4c(cc23)N(CC(CCCCCCCCCCCC)CCCCCCCCCCPC1C)C(=O)C=4c1ccc(/C(C=C(C)C)=C/C=C/c2ccc(C(C)C)cc2CC(CC)CC)s1. The lowest BCUT2D eigenvalue weighted by Gasteiger charge is -2.26. The Morgan fingerprint density at radius 1 is 0.699 bits per heavy atom. The van der Waals surface area contributed by atoms with Crippen LogP contribution >= 0.6 is 31.7 Å². The molecular weight excluding hydrogens is 1180 g/mol. The van der Waals surface area contributed by atoms with Crippen molar-refractivity contribution < 1.29 is 4.79 Å². The third kappa shape index (κ3) is 25.6. The van der Waals surface area contributed by atoms with Crippen LogP contribution in [0.5, 0.6) is 0 Å². The minimum absolute atomic E-state index is 0.186. The molecule has 4 unspecified atom stereocenters. The average Bonchev–Trinajstić information content (AvgIpc) is 1.57. The number of carbonyl (C=O) groups is 1. The van der Waals surface area contributed by atoms with E-state index in [0.29, 0.717) is 29.3 Å². The molecule has 0 fully saturated rings. The first-order chi connectivity index (χ1) is 45.3. The summed E-state index contributed by atoms with van der Waals surface area (Å²) in [7, 11) is 0.885. The molecule has 2 aliphatic rings. The molecular formula is C87H135N2OPS2. The molecule has 0 radical (unpaired) electrons. The zero-order chi connectivity index (χ0) is 66.7. The van der Waals surface area contributed by atoms with E-state index < -0.39 is 0 Å². The number of allylic oxidation sites excluding steroid dienone is 7. The van der Waals surface area contributed by atoms with Crippen molar-refractivity contribution in [3.63, 3.8) is 0 Å². The van der Waals surface area contributed by atoms with E-state index in [1.807, 2.05) is 11.8 Å². The third-order valence-corrected chi connectivity index (χ3v) is 25.2. The third-order valence-electron chi connectivity index (χ3n) is 20.9. The number of unbranched alkanes of at least 4 members (excludes halogenated alkanes) is 19. The van der Waals surface area contributed by atoms with Crippen LogP contribution in [-0.4, -0.2) is 28.8 Å². The van der Waals surface area contributed by atoms with Gasteiger partial charge in [0.15, 0.2) is 0 Å². The van der Waals surface area contributed by atoms with E-state index in [0.717, 1.165) is 54.8 Å². The number of carbonyl (C=O) groups excluding carboxylic acids is 1. The summed E-state index contributed by atoms with van der Waals surface area (Å²) in [5.41, 5.74) is 11.6. The monoisotopic (exact) mass is 1320 g/mol. The summed E-state index contributed by atoms with van der Waals surface area (Å²) < 4.78 is 2.65. The van der Waals surface area contributed by atoms with Crippen molar-refractivity contribution in [3.05, 3.63) is 126 Å². The van der Waals surface area contributed by atoms with E-state index in [4.69, 9.17) is 13.2 Å². The van der Waals surface area contributed by atoms with Gasteiger partial charge in [0.1, 0.15) is 0 Å². The van der Waals surface area contributed by atoms with Crippen molar-refractivity contribution in [3.8, 4) is 0 Å². The first-order valence-electron chi connectivity index (χ1n) is 39.0. The number of aromatic nitrogens is 1. The fourth-order valence-electron chi connectivity index (χ4n) is 14.8. The molecule has 2 aromatic heterocycles. The van der Waals surface area contributed by atoms with Crippen molar-refractivity contribution in [1.82, 2.24) is 4.57 Å². The molecule has 4 atom stereocenters. The average molecular weight is 1320 g/mol. The van der Waals surface area contributed by atoms with Crippen molar-refractivity contribution >= 4 is 82.9 Å². The lowest BCUT2D eigenvalue weighted by Crippen LogP contribution is -2.33. The number of thiophene rings is 1. The molecule has 6 rings (SSSR count). The molecule has 93 heavy (non-hydrogen) atoms. The molecule has 0 saturated heterocycles. The highest BCUT2D eigenvalue weighted by atomic mass is 32.2. The van der Waals surface area contributed by atoms with Crippen molar-refractivity contribution in [2.45, 2.75) is 332 Å². The van der Waals surface area contributed by atoms with Crippen LogP contribution in [0.2, 0.25) is 0 Å². The highest BCUT2D eigenvalue weighted by Gasteiger charge is 2.34. The van der Waals surface area contributed by atoms with Gasteiger partial charge in [-0.15, -0.1) is 19.9 Å². The second-order valence-corrected chi connectivity index (χ2v) is 33.3. The Morgan fingerprint density at radius 3 is 1.89 bits per heavy atom. The van der Waals surface area contributed by atoms with E-state index in [-0.39, 0.29) is 5.91 Å². The molecule has 0 spiro atoms. The van der Waals surface area contributed by atoms with Crippen LogP contribution in [0.3, 0.4) is 0 Å². The molecule has 2 aliphatic heterocycles. The number of thioether (sulfide) groups is 1. The van der Waals surface area contributed by atoms with Crippen LogP contribution in [0.15, 0.2) is 83.8 Å². The lowest BCUT2D eigenvalue weighted by atomic mass is 9.89. The van der Waals surface area contributed by atoms with Crippen LogP contribution in [0.25, 0.3) is 39.6 Å². The Balaban J connectivity index is 1.51. The summed E-state index contributed by atoms with van der Waals surface area (Å²) in [6, 6.07) is 16.7. The van der Waals surface area contributed by atoms with Crippen LogP contribution in [-0.2, 0) is 17.8 Å². The summed E-state index contributed by atoms with van der Waals surface area (Å²) in [4.78, 5) is 23.3. The molecule has 516 valence electrons. The molecule has 2 aromatic carbocycles. The number of hydrogen-bond acceptors (Lipinski definition) is 3. The van der Waals surface area contributed by atoms with Crippen molar-refractivity contribution in [2.24, 2.45) is 17.8 Å². The maximum Gasteiger partial charge on any atom is 0.260 e. The van der Waals surface area contributed by atoms with Crippen molar-refractivity contribution in [1.29, 1.82) is 0 Å². The Labute approximate surface area is 582 Å².